The monoisotopic (exact) mass is 432 g/mol. The quantitative estimate of drug-likeness (QED) is 0.740. The second-order valence-corrected chi connectivity index (χ2v) is 8.36. The van der Waals surface area contributed by atoms with Crippen molar-refractivity contribution in [1.29, 1.82) is 0 Å². The van der Waals surface area contributed by atoms with Crippen LogP contribution in [0, 0.1) is 6.92 Å². The van der Waals surface area contributed by atoms with Crippen LogP contribution in [-0.2, 0) is 19.4 Å². The number of nitrogens with zero attached hydrogens (tertiary/aromatic N) is 4. The van der Waals surface area contributed by atoms with Crippen LogP contribution in [0.15, 0.2) is 23.0 Å². The topological polar surface area (TPSA) is 59.8 Å². The Labute approximate surface area is 179 Å². The lowest BCUT2D eigenvalue weighted by atomic mass is 10.1. The second kappa shape index (κ2) is 7.78. The molecular weight excluding hydrogens is 406 g/mol. The van der Waals surface area contributed by atoms with Crippen LogP contribution in [0.25, 0.3) is 0 Å². The fourth-order valence-electron chi connectivity index (χ4n) is 4.70. The normalized spacial score (nSPS) is 20.0. The molecule has 1 fully saturated rings. The maximum Gasteiger partial charge on any atom is 0.586 e. The van der Waals surface area contributed by atoms with Gasteiger partial charge in [-0.1, -0.05) is 6.07 Å². The summed E-state index contributed by atoms with van der Waals surface area (Å²) in [6.07, 6.45) is 0.0526. The number of ether oxygens (including phenoxy) is 2. The van der Waals surface area contributed by atoms with Crippen LogP contribution in [0.2, 0.25) is 0 Å². The van der Waals surface area contributed by atoms with Crippen molar-refractivity contribution in [2.24, 2.45) is 0 Å². The second-order valence-electron chi connectivity index (χ2n) is 8.36. The molecule has 9 heteroatoms. The van der Waals surface area contributed by atoms with E-state index in [2.05, 4.69) is 14.6 Å². The van der Waals surface area contributed by atoms with Gasteiger partial charge in [-0.3, -0.25) is 14.3 Å². The van der Waals surface area contributed by atoms with E-state index < -0.39 is 6.29 Å². The lowest BCUT2D eigenvalue weighted by Crippen LogP contribution is -2.47. The third kappa shape index (κ3) is 3.86. The summed E-state index contributed by atoms with van der Waals surface area (Å²) in [7, 11) is 0. The highest BCUT2D eigenvalue weighted by Gasteiger charge is 2.45. The van der Waals surface area contributed by atoms with Crippen LogP contribution in [0.5, 0.6) is 11.5 Å². The van der Waals surface area contributed by atoms with Crippen molar-refractivity contribution in [1.82, 2.24) is 14.5 Å². The molecule has 31 heavy (non-hydrogen) atoms. The van der Waals surface area contributed by atoms with Gasteiger partial charge in [-0.25, -0.2) is 4.98 Å². The van der Waals surface area contributed by atoms with Crippen LogP contribution in [0.3, 0.4) is 0 Å². The zero-order valence-electron chi connectivity index (χ0n) is 17.6. The van der Waals surface area contributed by atoms with Gasteiger partial charge in [0, 0.05) is 56.9 Å². The summed E-state index contributed by atoms with van der Waals surface area (Å²) in [5.41, 5.74) is 2.39. The van der Waals surface area contributed by atoms with E-state index in [-0.39, 0.29) is 17.1 Å². The number of hydrogen-bond donors (Lipinski definition) is 0. The lowest BCUT2D eigenvalue weighted by Gasteiger charge is -2.36. The van der Waals surface area contributed by atoms with E-state index >= 15 is 0 Å². The predicted molar refractivity (Wildman–Crippen MR) is 111 cm³/mol. The van der Waals surface area contributed by atoms with Gasteiger partial charge in [-0.2, -0.15) is 0 Å². The first kappa shape index (κ1) is 20.2. The molecule has 0 atom stereocenters. The van der Waals surface area contributed by atoms with E-state index in [1.54, 1.807) is 12.1 Å². The van der Waals surface area contributed by atoms with E-state index in [0.29, 0.717) is 25.2 Å². The van der Waals surface area contributed by atoms with E-state index in [1.165, 1.54) is 6.07 Å². The van der Waals surface area contributed by atoms with Crippen molar-refractivity contribution in [3.8, 4) is 11.5 Å². The van der Waals surface area contributed by atoms with Crippen molar-refractivity contribution < 1.29 is 18.3 Å². The lowest BCUT2D eigenvalue weighted by molar-refractivity contribution is -0.286. The average Bonchev–Trinajstić information content (AvgIpc) is 3.08. The van der Waals surface area contributed by atoms with Crippen molar-refractivity contribution in [3.63, 3.8) is 0 Å². The number of rotatable bonds is 4. The molecule has 0 saturated carbocycles. The number of benzene rings is 1. The van der Waals surface area contributed by atoms with Crippen molar-refractivity contribution >= 4 is 5.69 Å². The van der Waals surface area contributed by atoms with Crippen molar-refractivity contribution in [2.75, 3.05) is 37.6 Å². The predicted octanol–water partition coefficient (Wildman–Crippen LogP) is 2.57. The molecule has 0 amide bonds. The third-order valence-electron chi connectivity index (χ3n) is 6.38. The van der Waals surface area contributed by atoms with Gasteiger partial charge in [0.05, 0.1) is 5.69 Å². The van der Waals surface area contributed by atoms with Gasteiger partial charge in [0.1, 0.15) is 5.82 Å². The highest BCUT2D eigenvalue weighted by molar-refractivity contribution is 5.66. The summed E-state index contributed by atoms with van der Waals surface area (Å²) in [5, 5.41) is 0. The van der Waals surface area contributed by atoms with Crippen LogP contribution >= 0.6 is 0 Å². The third-order valence-corrected chi connectivity index (χ3v) is 6.38. The molecule has 1 aromatic heterocycles. The largest absolute Gasteiger partial charge is 0.586 e. The number of halogens is 2. The molecule has 0 N–H and O–H groups in total. The number of anilines is 1. The SMILES string of the molecule is Cc1nc2n(c(=O)c1CCN1CCN(c3cccc4c3OC(F)(F)O4)CC1)CCCC2. The van der Waals surface area contributed by atoms with Crippen LogP contribution in [-0.4, -0.2) is 53.5 Å². The van der Waals surface area contributed by atoms with Crippen LogP contribution in [0.1, 0.15) is 29.9 Å². The molecule has 7 nitrogen and oxygen atoms in total. The molecule has 1 aromatic carbocycles. The molecule has 0 bridgehead atoms. The number of aryl methyl sites for hydroxylation is 2. The molecular formula is C22H26F2N4O3. The molecule has 0 aliphatic carbocycles. The summed E-state index contributed by atoms with van der Waals surface area (Å²) in [5.74, 6) is 1.09. The summed E-state index contributed by atoms with van der Waals surface area (Å²) < 4.78 is 38.1. The zero-order chi connectivity index (χ0) is 21.6. The fraction of sp³-hybridized carbons (Fsp3) is 0.545. The Morgan fingerprint density at radius 2 is 1.90 bits per heavy atom. The summed E-state index contributed by atoms with van der Waals surface area (Å²) >= 11 is 0. The van der Waals surface area contributed by atoms with E-state index in [9.17, 15) is 13.6 Å². The number of para-hydroxylation sites is 1. The maximum atomic E-state index is 13.5. The fourth-order valence-corrected chi connectivity index (χ4v) is 4.70. The number of aromatic nitrogens is 2. The number of alkyl halides is 2. The number of hydrogen-bond acceptors (Lipinski definition) is 6. The summed E-state index contributed by atoms with van der Waals surface area (Å²) in [4.78, 5) is 21.9. The van der Waals surface area contributed by atoms with Crippen molar-refractivity contribution in [3.05, 3.63) is 45.6 Å². The first-order valence-corrected chi connectivity index (χ1v) is 10.9. The smallest absolute Gasteiger partial charge is 0.395 e. The Kier molecular flexibility index (Phi) is 5.08. The standard InChI is InChI=1S/C22H26F2N4O3/c1-15-16(21(29)28-9-3-2-7-19(28)25-15)8-10-26-11-13-27(14-12-26)17-5-4-6-18-20(17)31-22(23,24)30-18/h4-6H,2-3,7-14H2,1H3. The molecule has 0 unspecified atom stereocenters. The van der Waals surface area contributed by atoms with Gasteiger partial charge in [0.15, 0.2) is 11.5 Å². The van der Waals surface area contributed by atoms with E-state index in [4.69, 9.17) is 4.74 Å². The van der Waals surface area contributed by atoms with Gasteiger partial charge in [0.25, 0.3) is 5.56 Å². The minimum atomic E-state index is -3.62. The van der Waals surface area contributed by atoms with Gasteiger partial charge < -0.3 is 14.4 Å². The van der Waals surface area contributed by atoms with Gasteiger partial charge >= 0.3 is 6.29 Å². The molecule has 4 heterocycles. The minimum absolute atomic E-state index is 0.0702. The van der Waals surface area contributed by atoms with Gasteiger partial charge in [-0.05, 0) is 38.3 Å². The molecule has 0 radical (unpaired) electrons. The molecule has 1 saturated heterocycles. The first-order chi connectivity index (χ1) is 14.9. The van der Waals surface area contributed by atoms with E-state index in [0.717, 1.165) is 62.5 Å². The molecule has 166 valence electrons. The molecule has 3 aliphatic heterocycles. The van der Waals surface area contributed by atoms with E-state index in [1.807, 2.05) is 16.4 Å². The van der Waals surface area contributed by atoms with Crippen LogP contribution < -0.4 is 19.9 Å². The Balaban J connectivity index is 1.22. The minimum Gasteiger partial charge on any atom is -0.395 e. The number of fused-ring (bicyclic) bond motifs is 2. The van der Waals surface area contributed by atoms with Crippen LogP contribution in [0.4, 0.5) is 14.5 Å². The Morgan fingerprint density at radius 3 is 2.71 bits per heavy atom. The summed E-state index contributed by atoms with van der Waals surface area (Å²) in [6.45, 7) is 6.39. The Bertz CT molecular complexity index is 1050. The van der Waals surface area contributed by atoms with Gasteiger partial charge in [-0.15, -0.1) is 8.78 Å². The molecule has 0 spiro atoms. The summed E-state index contributed by atoms with van der Waals surface area (Å²) in [6, 6.07) is 4.97. The molecule has 3 aliphatic rings. The maximum absolute atomic E-state index is 13.5. The zero-order valence-corrected chi connectivity index (χ0v) is 17.6. The first-order valence-electron chi connectivity index (χ1n) is 10.9. The van der Waals surface area contributed by atoms with Gasteiger partial charge in [0.2, 0.25) is 0 Å². The highest BCUT2D eigenvalue weighted by atomic mass is 19.3. The molecule has 2 aromatic rings. The Morgan fingerprint density at radius 1 is 1.10 bits per heavy atom. The number of piperazine rings is 1. The average molecular weight is 432 g/mol. The molecule has 5 rings (SSSR count). The Hall–Kier alpha value is -2.68. The highest BCUT2D eigenvalue weighted by Crippen LogP contribution is 2.47. The van der Waals surface area contributed by atoms with Crippen molar-refractivity contribution in [2.45, 2.75) is 45.4 Å².